The first-order chi connectivity index (χ1) is 13.4. The van der Waals surface area contributed by atoms with E-state index in [2.05, 4.69) is 5.32 Å². The summed E-state index contributed by atoms with van der Waals surface area (Å²) in [5.74, 6) is -1.32. The summed E-state index contributed by atoms with van der Waals surface area (Å²) < 4.78 is 10.1. The van der Waals surface area contributed by atoms with Gasteiger partial charge in [-0.05, 0) is 45.2 Å². The van der Waals surface area contributed by atoms with E-state index in [0.717, 1.165) is 22.5 Å². The highest BCUT2D eigenvalue weighted by Crippen LogP contribution is 2.34. The van der Waals surface area contributed by atoms with Gasteiger partial charge in [0.2, 0.25) is 5.91 Å². The lowest BCUT2D eigenvalue weighted by atomic mass is 10.1. The Bertz CT molecular complexity index is 854. The zero-order valence-electron chi connectivity index (χ0n) is 16.6. The van der Waals surface area contributed by atoms with Crippen LogP contribution in [0.4, 0.5) is 5.00 Å². The largest absolute Gasteiger partial charge is 0.462 e. The van der Waals surface area contributed by atoms with E-state index in [1.165, 1.54) is 0 Å². The fourth-order valence-corrected chi connectivity index (χ4v) is 3.75. The standard InChI is InChI=1S/C21H25NO5S/c1-5-26-20(24)17-14(4)18(21(25)27-6-2)28-19(17)22-16(23)12-11-15-9-7-13(3)8-10-15/h7-10H,5-6,11-12H2,1-4H3,(H,22,23). The number of rotatable bonds is 8. The Kier molecular flexibility index (Phi) is 7.75. The second-order valence-electron chi connectivity index (χ2n) is 6.24. The third-order valence-electron chi connectivity index (χ3n) is 4.10. The number of carbonyl (C=O) groups excluding carboxylic acids is 3. The van der Waals surface area contributed by atoms with Gasteiger partial charge < -0.3 is 14.8 Å². The minimum absolute atomic E-state index is 0.198. The number of ether oxygens (including phenoxy) is 2. The molecule has 1 aromatic carbocycles. The monoisotopic (exact) mass is 403 g/mol. The molecular formula is C21H25NO5S. The summed E-state index contributed by atoms with van der Waals surface area (Å²) in [6.07, 6.45) is 0.840. The summed E-state index contributed by atoms with van der Waals surface area (Å²) in [6.45, 7) is 7.49. The first-order valence-corrected chi connectivity index (χ1v) is 10.0. The highest BCUT2D eigenvalue weighted by molar-refractivity contribution is 7.18. The van der Waals surface area contributed by atoms with Crippen LogP contribution in [0.1, 0.15) is 57.0 Å². The number of hydrogen-bond acceptors (Lipinski definition) is 6. The van der Waals surface area contributed by atoms with E-state index < -0.39 is 11.9 Å². The molecular weight excluding hydrogens is 378 g/mol. The molecule has 7 heteroatoms. The number of amides is 1. The molecule has 0 fully saturated rings. The quantitative estimate of drug-likeness (QED) is 0.665. The molecule has 0 atom stereocenters. The van der Waals surface area contributed by atoms with Crippen LogP contribution in [-0.2, 0) is 20.7 Å². The van der Waals surface area contributed by atoms with Gasteiger partial charge >= 0.3 is 11.9 Å². The fraction of sp³-hybridized carbons (Fsp3) is 0.381. The van der Waals surface area contributed by atoms with Gasteiger partial charge in [-0.3, -0.25) is 4.79 Å². The van der Waals surface area contributed by atoms with Gasteiger partial charge in [0.15, 0.2) is 0 Å². The molecule has 6 nitrogen and oxygen atoms in total. The van der Waals surface area contributed by atoms with Crippen molar-refractivity contribution in [3.8, 4) is 0 Å². The SMILES string of the molecule is CCOC(=O)c1sc(NC(=O)CCc2ccc(C)cc2)c(C(=O)OCC)c1C. The molecule has 0 aliphatic carbocycles. The Balaban J connectivity index is 2.18. The van der Waals surface area contributed by atoms with Crippen molar-refractivity contribution in [3.63, 3.8) is 0 Å². The summed E-state index contributed by atoms with van der Waals surface area (Å²) in [7, 11) is 0. The third-order valence-corrected chi connectivity index (χ3v) is 5.29. The molecule has 28 heavy (non-hydrogen) atoms. The first kappa shape index (κ1) is 21.6. The van der Waals surface area contributed by atoms with Crippen molar-refractivity contribution in [2.24, 2.45) is 0 Å². The molecule has 0 bridgehead atoms. The van der Waals surface area contributed by atoms with Gasteiger partial charge in [-0.1, -0.05) is 29.8 Å². The van der Waals surface area contributed by atoms with Crippen molar-refractivity contribution in [1.29, 1.82) is 0 Å². The van der Waals surface area contributed by atoms with Gasteiger partial charge in [0.1, 0.15) is 9.88 Å². The third kappa shape index (κ3) is 5.42. The molecule has 0 aliphatic heterocycles. The Hall–Kier alpha value is -2.67. The number of benzene rings is 1. The molecule has 1 amide bonds. The zero-order valence-corrected chi connectivity index (χ0v) is 17.4. The van der Waals surface area contributed by atoms with Crippen LogP contribution in [0.15, 0.2) is 24.3 Å². The second-order valence-corrected chi connectivity index (χ2v) is 7.26. The van der Waals surface area contributed by atoms with Crippen molar-refractivity contribution in [2.45, 2.75) is 40.5 Å². The van der Waals surface area contributed by atoms with Gasteiger partial charge in [0, 0.05) is 6.42 Å². The van der Waals surface area contributed by atoms with E-state index in [1.807, 2.05) is 31.2 Å². The topological polar surface area (TPSA) is 81.7 Å². The van der Waals surface area contributed by atoms with Gasteiger partial charge in [0.25, 0.3) is 0 Å². The summed E-state index contributed by atoms with van der Waals surface area (Å²) >= 11 is 1.03. The Morgan fingerprint density at radius 1 is 0.964 bits per heavy atom. The molecule has 0 saturated heterocycles. The normalized spacial score (nSPS) is 10.4. The first-order valence-electron chi connectivity index (χ1n) is 9.20. The average Bonchev–Trinajstić information content (AvgIpc) is 2.97. The number of esters is 2. The number of carbonyl (C=O) groups is 3. The van der Waals surface area contributed by atoms with Crippen LogP contribution >= 0.6 is 11.3 Å². The summed E-state index contributed by atoms with van der Waals surface area (Å²) in [4.78, 5) is 37.2. The van der Waals surface area contributed by atoms with Crippen LogP contribution in [0.25, 0.3) is 0 Å². The molecule has 0 radical (unpaired) electrons. The number of nitrogens with one attached hydrogen (secondary N) is 1. The molecule has 0 spiro atoms. The minimum atomic E-state index is -0.569. The lowest BCUT2D eigenvalue weighted by Gasteiger charge is -2.07. The second kappa shape index (κ2) is 10.0. The van der Waals surface area contributed by atoms with Crippen LogP contribution in [-0.4, -0.2) is 31.1 Å². The molecule has 1 aromatic heterocycles. The lowest BCUT2D eigenvalue weighted by molar-refractivity contribution is -0.116. The summed E-state index contributed by atoms with van der Waals surface area (Å²) in [5, 5.41) is 3.07. The molecule has 0 saturated carbocycles. The fourth-order valence-electron chi connectivity index (χ4n) is 2.64. The molecule has 0 unspecified atom stereocenters. The van der Waals surface area contributed by atoms with Crippen LogP contribution in [0.3, 0.4) is 0 Å². The van der Waals surface area contributed by atoms with Crippen LogP contribution in [0.2, 0.25) is 0 Å². The molecule has 1 N–H and O–H groups in total. The highest BCUT2D eigenvalue weighted by Gasteiger charge is 2.27. The van der Waals surface area contributed by atoms with E-state index in [0.29, 0.717) is 21.9 Å². The summed E-state index contributed by atoms with van der Waals surface area (Å²) in [6, 6.07) is 7.97. The summed E-state index contributed by atoms with van der Waals surface area (Å²) in [5.41, 5.74) is 2.88. The molecule has 0 aliphatic rings. The molecule has 150 valence electrons. The van der Waals surface area contributed by atoms with Crippen molar-refractivity contribution >= 4 is 34.2 Å². The number of aryl methyl sites for hydroxylation is 2. The van der Waals surface area contributed by atoms with E-state index in [-0.39, 0.29) is 31.1 Å². The van der Waals surface area contributed by atoms with E-state index in [9.17, 15) is 14.4 Å². The van der Waals surface area contributed by atoms with Gasteiger partial charge in [-0.25, -0.2) is 9.59 Å². The van der Waals surface area contributed by atoms with Crippen molar-refractivity contribution in [2.75, 3.05) is 18.5 Å². The Labute approximate surface area is 168 Å². The number of hydrogen-bond donors (Lipinski definition) is 1. The lowest BCUT2D eigenvalue weighted by Crippen LogP contribution is -2.15. The molecule has 2 aromatic rings. The van der Waals surface area contributed by atoms with Gasteiger partial charge in [-0.15, -0.1) is 11.3 Å². The smallest absolute Gasteiger partial charge is 0.348 e. The van der Waals surface area contributed by atoms with Crippen molar-refractivity contribution in [1.82, 2.24) is 0 Å². The highest BCUT2D eigenvalue weighted by atomic mass is 32.1. The van der Waals surface area contributed by atoms with Crippen molar-refractivity contribution < 1.29 is 23.9 Å². The maximum Gasteiger partial charge on any atom is 0.348 e. The van der Waals surface area contributed by atoms with E-state index in [1.54, 1.807) is 20.8 Å². The van der Waals surface area contributed by atoms with E-state index in [4.69, 9.17) is 9.47 Å². The Morgan fingerprint density at radius 3 is 2.18 bits per heavy atom. The number of thiophene rings is 1. The number of anilines is 1. The average molecular weight is 404 g/mol. The van der Waals surface area contributed by atoms with Gasteiger partial charge in [-0.2, -0.15) is 0 Å². The van der Waals surface area contributed by atoms with Gasteiger partial charge in [0.05, 0.1) is 18.8 Å². The van der Waals surface area contributed by atoms with Crippen molar-refractivity contribution in [3.05, 3.63) is 51.4 Å². The maximum absolute atomic E-state index is 12.4. The Morgan fingerprint density at radius 2 is 1.57 bits per heavy atom. The maximum atomic E-state index is 12.4. The molecule has 2 rings (SSSR count). The zero-order chi connectivity index (χ0) is 20.7. The van der Waals surface area contributed by atoms with Crippen LogP contribution in [0.5, 0.6) is 0 Å². The van der Waals surface area contributed by atoms with E-state index >= 15 is 0 Å². The predicted octanol–water partition coefficient (Wildman–Crippen LogP) is 4.29. The van der Waals surface area contributed by atoms with Crippen LogP contribution in [0, 0.1) is 13.8 Å². The minimum Gasteiger partial charge on any atom is -0.462 e. The van der Waals surface area contributed by atoms with Crippen LogP contribution < -0.4 is 5.32 Å². The predicted molar refractivity (Wildman–Crippen MR) is 109 cm³/mol. The molecule has 1 heterocycles.